The molecule has 0 unspecified atom stereocenters. The summed E-state index contributed by atoms with van der Waals surface area (Å²) in [4.78, 5) is 23.4. The average Bonchev–Trinajstić information content (AvgIpc) is 2.69. The van der Waals surface area contributed by atoms with Crippen molar-refractivity contribution >= 4 is 17.6 Å². The highest BCUT2D eigenvalue weighted by atomic mass is 19.1. The van der Waals surface area contributed by atoms with Crippen LogP contribution in [0.1, 0.15) is 26.3 Å². The molecular formula is C21H15F2NO4. The molecule has 5 nitrogen and oxygen atoms in total. The van der Waals surface area contributed by atoms with Crippen LogP contribution < -0.4 is 10.1 Å². The molecule has 0 aliphatic carbocycles. The summed E-state index contributed by atoms with van der Waals surface area (Å²) in [6.07, 6.45) is 0. The maximum atomic E-state index is 14.0. The largest absolute Gasteiger partial charge is 0.488 e. The van der Waals surface area contributed by atoms with Crippen LogP contribution in [0.3, 0.4) is 0 Å². The molecule has 1 amide bonds. The van der Waals surface area contributed by atoms with E-state index in [1.807, 2.05) is 0 Å². The second-order valence-corrected chi connectivity index (χ2v) is 5.87. The summed E-state index contributed by atoms with van der Waals surface area (Å²) in [7, 11) is 0. The molecule has 28 heavy (non-hydrogen) atoms. The van der Waals surface area contributed by atoms with Crippen molar-refractivity contribution in [1.29, 1.82) is 0 Å². The fraction of sp³-hybridized carbons (Fsp3) is 0.0476. The van der Waals surface area contributed by atoms with Crippen LogP contribution in [-0.4, -0.2) is 17.0 Å². The molecule has 2 N–H and O–H groups in total. The third kappa shape index (κ3) is 4.50. The predicted molar refractivity (Wildman–Crippen MR) is 98.5 cm³/mol. The van der Waals surface area contributed by atoms with Gasteiger partial charge >= 0.3 is 5.97 Å². The van der Waals surface area contributed by atoms with E-state index < -0.39 is 17.7 Å². The minimum absolute atomic E-state index is 0.117. The van der Waals surface area contributed by atoms with Crippen LogP contribution >= 0.6 is 0 Å². The van der Waals surface area contributed by atoms with Gasteiger partial charge in [0.25, 0.3) is 5.91 Å². The number of nitrogens with one attached hydrogen (secondary N) is 1. The highest BCUT2D eigenvalue weighted by Gasteiger charge is 2.15. The lowest BCUT2D eigenvalue weighted by atomic mass is 10.1. The molecule has 0 heterocycles. The fourth-order valence-electron chi connectivity index (χ4n) is 2.46. The number of anilines is 1. The number of para-hydroxylation sites is 1. The summed E-state index contributed by atoms with van der Waals surface area (Å²) in [6, 6.07) is 15.4. The number of carboxylic acids is 1. The van der Waals surface area contributed by atoms with E-state index in [9.17, 15) is 18.4 Å². The number of hydrogen-bond donors (Lipinski definition) is 2. The minimum Gasteiger partial charge on any atom is -0.488 e. The van der Waals surface area contributed by atoms with Crippen molar-refractivity contribution in [2.24, 2.45) is 0 Å². The quantitative estimate of drug-likeness (QED) is 0.657. The maximum Gasteiger partial charge on any atom is 0.335 e. The van der Waals surface area contributed by atoms with Crippen LogP contribution in [0.4, 0.5) is 14.5 Å². The number of ether oxygens (including phenoxy) is 1. The number of hydrogen-bond acceptors (Lipinski definition) is 3. The number of carbonyl (C=O) groups is 2. The Morgan fingerprint density at radius 2 is 1.68 bits per heavy atom. The summed E-state index contributed by atoms with van der Waals surface area (Å²) in [5, 5.41) is 11.3. The van der Waals surface area contributed by atoms with E-state index in [0.717, 1.165) is 6.07 Å². The molecule has 3 rings (SSSR count). The Morgan fingerprint density at radius 1 is 0.964 bits per heavy atom. The number of halogens is 2. The number of aromatic carboxylic acids is 1. The van der Waals surface area contributed by atoms with E-state index in [2.05, 4.69) is 5.32 Å². The highest BCUT2D eigenvalue weighted by molar-refractivity contribution is 6.06. The molecule has 0 saturated carbocycles. The first-order valence-electron chi connectivity index (χ1n) is 8.24. The molecule has 0 bridgehead atoms. The lowest BCUT2D eigenvalue weighted by Crippen LogP contribution is -2.15. The van der Waals surface area contributed by atoms with Crippen LogP contribution in [0.25, 0.3) is 0 Å². The van der Waals surface area contributed by atoms with Gasteiger partial charge in [-0.2, -0.15) is 0 Å². The number of carboxylic acid groups (broad SMARTS) is 1. The van der Waals surface area contributed by atoms with Gasteiger partial charge in [-0.05, 0) is 48.0 Å². The summed E-state index contributed by atoms with van der Waals surface area (Å²) < 4.78 is 32.7. The van der Waals surface area contributed by atoms with Gasteiger partial charge < -0.3 is 15.2 Å². The number of benzene rings is 3. The van der Waals surface area contributed by atoms with Crippen LogP contribution in [0.5, 0.6) is 5.75 Å². The van der Waals surface area contributed by atoms with Gasteiger partial charge in [-0.15, -0.1) is 0 Å². The predicted octanol–water partition coefficient (Wildman–Crippen LogP) is 4.49. The molecule has 0 atom stereocenters. The summed E-state index contributed by atoms with van der Waals surface area (Å²) in [5.74, 6) is -2.84. The fourth-order valence-corrected chi connectivity index (χ4v) is 2.46. The molecule has 3 aromatic rings. The molecule has 0 spiro atoms. The molecule has 0 aliphatic rings. The van der Waals surface area contributed by atoms with Gasteiger partial charge in [-0.1, -0.05) is 24.3 Å². The van der Waals surface area contributed by atoms with Gasteiger partial charge in [0, 0.05) is 0 Å². The first-order valence-corrected chi connectivity index (χ1v) is 8.24. The summed E-state index contributed by atoms with van der Waals surface area (Å²) in [6.45, 7) is 0.117. The Labute approximate surface area is 159 Å². The summed E-state index contributed by atoms with van der Waals surface area (Å²) in [5.41, 5.74) is 0.514. The van der Waals surface area contributed by atoms with Gasteiger partial charge in [0.05, 0.1) is 16.8 Å². The number of rotatable bonds is 6. The zero-order chi connectivity index (χ0) is 20.1. The van der Waals surface area contributed by atoms with E-state index in [4.69, 9.17) is 9.84 Å². The van der Waals surface area contributed by atoms with Crippen molar-refractivity contribution in [3.63, 3.8) is 0 Å². The van der Waals surface area contributed by atoms with E-state index in [1.165, 1.54) is 30.3 Å². The number of carbonyl (C=O) groups excluding carboxylic acids is 1. The smallest absolute Gasteiger partial charge is 0.335 e. The number of amides is 1. The Morgan fingerprint density at radius 3 is 2.36 bits per heavy atom. The molecule has 0 radical (unpaired) electrons. The van der Waals surface area contributed by atoms with Gasteiger partial charge in [-0.3, -0.25) is 4.79 Å². The normalized spacial score (nSPS) is 10.4. The summed E-state index contributed by atoms with van der Waals surface area (Å²) >= 11 is 0. The molecule has 3 aromatic carbocycles. The average molecular weight is 383 g/mol. The molecule has 0 fully saturated rings. The van der Waals surface area contributed by atoms with Crippen LogP contribution in [0, 0.1) is 11.6 Å². The second kappa shape index (κ2) is 8.30. The van der Waals surface area contributed by atoms with Crippen molar-refractivity contribution in [3.8, 4) is 5.75 Å². The minimum atomic E-state index is -1.27. The molecule has 0 aromatic heterocycles. The van der Waals surface area contributed by atoms with E-state index in [0.29, 0.717) is 5.56 Å². The van der Waals surface area contributed by atoms with Crippen LogP contribution in [0.15, 0.2) is 66.7 Å². The third-order valence-electron chi connectivity index (χ3n) is 3.90. The van der Waals surface area contributed by atoms with Crippen molar-refractivity contribution in [1.82, 2.24) is 0 Å². The zero-order valence-electron chi connectivity index (χ0n) is 14.5. The standard InChI is InChI=1S/C21H15F2NO4/c22-15-8-5-13(6-9-15)12-28-19-4-2-1-3-16(19)20(25)24-18-10-7-14(21(26)27)11-17(18)23/h1-11H,12H2,(H,24,25)(H,26,27). The SMILES string of the molecule is O=C(O)c1ccc(NC(=O)c2ccccc2OCc2ccc(F)cc2)c(F)c1. The Kier molecular flexibility index (Phi) is 5.64. The first-order chi connectivity index (χ1) is 13.4. The molecule has 142 valence electrons. The van der Waals surface area contributed by atoms with E-state index in [-0.39, 0.29) is 35.0 Å². The van der Waals surface area contributed by atoms with E-state index in [1.54, 1.807) is 30.3 Å². The van der Waals surface area contributed by atoms with E-state index >= 15 is 0 Å². The Bertz CT molecular complexity index is 1020. The Balaban J connectivity index is 1.75. The van der Waals surface area contributed by atoms with Crippen molar-refractivity contribution in [2.45, 2.75) is 6.61 Å². The van der Waals surface area contributed by atoms with Crippen LogP contribution in [0.2, 0.25) is 0 Å². The maximum absolute atomic E-state index is 14.0. The zero-order valence-corrected chi connectivity index (χ0v) is 14.5. The van der Waals surface area contributed by atoms with Crippen LogP contribution in [-0.2, 0) is 6.61 Å². The van der Waals surface area contributed by atoms with Crippen molar-refractivity contribution < 1.29 is 28.2 Å². The molecular weight excluding hydrogens is 368 g/mol. The first kappa shape index (κ1) is 19.0. The Hall–Kier alpha value is -3.74. The topological polar surface area (TPSA) is 75.6 Å². The highest BCUT2D eigenvalue weighted by Crippen LogP contribution is 2.22. The second-order valence-electron chi connectivity index (χ2n) is 5.87. The van der Waals surface area contributed by atoms with Gasteiger partial charge in [-0.25, -0.2) is 13.6 Å². The third-order valence-corrected chi connectivity index (χ3v) is 3.90. The van der Waals surface area contributed by atoms with Crippen molar-refractivity contribution in [2.75, 3.05) is 5.32 Å². The molecule has 7 heteroatoms. The monoisotopic (exact) mass is 383 g/mol. The van der Waals surface area contributed by atoms with Gasteiger partial charge in [0.15, 0.2) is 0 Å². The van der Waals surface area contributed by atoms with Crippen molar-refractivity contribution in [3.05, 3.63) is 95.1 Å². The lowest BCUT2D eigenvalue weighted by molar-refractivity contribution is 0.0696. The lowest BCUT2D eigenvalue weighted by Gasteiger charge is -2.12. The molecule has 0 saturated heterocycles. The molecule has 0 aliphatic heterocycles. The van der Waals surface area contributed by atoms with Gasteiger partial charge in [0.1, 0.15) is 24.0 Å². The van der Waals surface area contributed by atoms with Gasteiger partial charge in [0.2, 0.25) is 0 Å².